The van der Waals surface area contributed by atoms with Crippen LogP contribution >= 0.6 is 11.3 Å². The Labute approximate surface area is 112 Å². The molecule has 1 atom stereocenters. The van der Waals surface area contributed by atoms with E-state index < -0.39 is 11.5 Å². The fourth-order valence-electron chi connectivity index (χ4n) is 2.57. The number of rotatable bonds is 6. The van der Waals surface area contributed by atoms with Gasteiger partial charge < -0.3 is 5.11 Å². The van der Waals surface area contributed by atoms with Crippen molar-refractivity contribution in [2.45, 2.75) is 45.2 Å². The van der Waals surface area contributed by atoms with Crippen molar-refractivity contribution in [1.82, 2.24) is 4.90 Å². The van der Waals surface area contributed by atoms with Gasteiger partial charge >= 0.3 is 5.97 Å². The van der Waals surface area contributed by atoms with E-state index in [1.807, 2.05) is 20.8 Å². The largest absolute Gasteiger partial charge is 0.480 e. The van der Waals surface area contributed by atoms with Gasteiger partial charge in [0.2, 0.25) is 0 Å². The number of likely N-dealkylation sites (N-methyl/N-ethyl adjacent to an activating group) is 1. The minimum absolute atomic E-state index is 0.265. The van der Waals surface area contributed by atoms with Gasteiger partial charge in [-0.3, -0.25) is 9.69 Å². The molecule has 0 amide bonds. The second kappa shape index (κ2) is 5.02. The van der Waals surface area contributed by atoms with Crippen molar-refractivity contribution in [1.29, 1.82) is 0 Å². The first-order valence-corrected chi connectivity index (χ1v) is 7.40. The van der Waals surface area contributed by atoms with E-state index in [1.54, 1.807) is 11.3 Å². The highest BCUT2D eigenvalue weighted by atomic mass is 32.1. The average molecular weight is 267 g/mol. The van der Waals surface area contributed by atoms with Gasteiger partial charge in [0, 0.05) is 10.9 Å². The van der Waals surface area contributed by atoms with Crippen molar-refractivity contribution in [2.24, 2.45) is 5.92 Å². The molecule has 18 heavy (non-hydrogen) atoms. The second-order valence-corrected chi connectivity index (χ2v) is 6.43. The smallest absolute Gasteiger partial charge is 0.323 e. The van der Waals surface area contributed by atoms with Crippen LogP contribution in [0.5, 0.6) is 0 Å². The van der Waals surface area contributed by atoms with Gasteiger partial charge in [-0.1, -0.05) is 13.0 Å². The summed E-state index contributed by atoms with van der Waals surface area (Å²) < 4.78 is 0. The van der Waals surface area contributed by atoms with Crippen molar-refractivity contribution in [2.75, 3.05) is 6.54 Å². The lowest BCUT2D eigenvalue weighted by atomic mass is 9.97. The van der Waals surface area contributed by atoms with Crippen molar-refractivity contribution in [3.63, 3.8) is 0 Å². The van der Waals surface area contributed by atoms with E-state index in [9.17, 15) is 9.90 Å². The van der Waals surface area contributed by atoms with Gasteiger partial charge in [0.15, 0.2) is 0 Å². The first-order chi connectivity index (χ1) is 8.48. The summed E-state index contributed by atoms with van der Waals surface area (Å²) in [5.74, 6) is -0.117. The third kappa shape index (κ3) is 2.45. The van der Waals surface area contributed by atoms with Crippen LogP contribution in [0.2, 0.25) is 0 Å². The molecule has 4 heteroatoms. The topological polar surface area (TPSA) is 40.5 Å². The number of carboxylic acids is 1. The van der Waals surface area contributed by atoms with Gasteiger partial charge in [0.25, 0.3) is 0 Å². The van der Waals surface area contributed by atoms with E-state index in [4.69, 9.17) is 0 Å². The zero-order valence-electron chi connectivity index (χ0n) is 11.2. The summed E-state index contributed by atoms with van der Waals surface area (Å²) >= 11 is 1.74. The van der Waals surface area contributed by atoms with Crippen LogP contribution in [0.4, 0.5) is 0 Å². The molecule has 100 valence electrons. The molecule has 0 bridgehead atoms. The Bertz CT molecular complexity index is 409. The molecular weight excluding hydrogens is 246 g/mol. The summed E-state index contributed by atoms with van der Waals surface area (Å²) in [6, 6.07) is 4.45. The third-order valence-electron chi connectivity index (χ3n) is 3.82. The molecule has 0 saturated heterocycles. The van der Waals surface area contributed by atoms with E-state index >= 15 is 0 Å². The van der Waals surface area contributed by atoms with Gasteiger partial charge in [-0.2, -0.15) is 0 Å². The monoisotopic (exact) mass is 267 g/mol. The van der Waals surface area contributed by atoms with E-state index in [-0.39, 0.29) is 6.04 Å². The molecule has 1 aromatic rings. The Balaban J connectivity index is 2.31. The molecular formula is C14H21NO2S. The predicted octanol–water partition coefficient (Wildman–Crippen LogP) is 3.38. The molecule has 3 nitrogen and oxygen atoms in total. The van der Waals surface area contributed by atoms with Gasteiger partial charge in [-0.05, 0) is 50.6 Å². The maximum atomic E-state index is 11.5. The minimum Gasteiger partial charge on any atom is -0.480 e. The molecule has 1 aromatic heterocycles. The standard InChI is InChI=1S/C14H21NO2S/c1-4-15(14(2,3)13(16)17)12(10-7-8-10)11-6-5-9-18-11/h5-6,9-10,12H,4,7-8H2,1-3H3,(H,16,17). The SMILES string of the molecule is CCN(C(c1cccs1)C1CC1)C(C)(C)C(=O)O. The zero-order chi connectivity index (χ0) is 13.3. The maximum absolute atomic E-state index is 11.5. The highest BCUT2D eigenvalue weighted by Gasteiger charge is 2.44. The first-order valence-electron chi connectivity index (χ1n) is 6.52. The van der Waals surface area contributed by atoms with Crippen molar-refractivity contribution in [3.8, 4) is 0 Å². The summed E-state index contributed by atoms with van der Waals surface area (Å²) in [4.78, 5) is 14.9. The maximum Gasteiger partial charge on any atom is 0.323 e. The molecule has 0 spiro atoms. The number of nitrogens with zero attached hydrogens (tertiary/aromatic N) is 1. The molecule has 2 rings (SSSR count). The lowest BCUT2D eigenvalue weighted by molar-refractivity contribution is -0.151. The minimum atomic E-state index is -0.813. The normalized spacial score (nSPS) is 18.0. The summed E-state index contributed by atoms with van der Waals surface area (Å²) in [6.07, 6.45) is 2.43. The Hall–Kier alpha value is -0.870. The molecule has 1 N–H and O–H groups in total. The molecule has 1 heterocycles. The number of thiophene rings is 1. The van der Waals surface area contributed by atoms with Crippen LogP contribution in [-0.4, -0.2) is 28.1 Å². The highest BCUT2D eigenvalue weighted by Crippen LogP contribution is 2.47. The number of aliphatic carboxylic acids is 1. The van der Waals surface area contributed by atoms with Gasteiger partial charge in [0.05, 0.1) is 0 Å². The fourth-order valence-corrected chi connectivity index (χ4v) is 3.50. The Morgan fingerprint density at radius 2 is 2.28 bits per heavy atom. The lowest BCUT2D eigenvalue weighted by Gasteiger charge is -2.40. The average Bonchev–Trinajstić information content (AvgIpc) is 2.99. The summed E-state index contributed by atoms with van der Waals surface area (Å²) in [5, 5.41) is 11.5. The Morgan fingerprint density at radius 1 is 1.61 bits per heavy atom. The van der Waals surface area contributed by atoms with Crippen molar-refractivity contribution in [3.05, 3.63) is 22.4 Å². The molecule has 1 aliphatic carbocycles. The van der Waals surface area contributed by atoms with Crippen LogP contribution in [0.15, 0.2) is 17.5 Å². The predicted molar refractivity (Wildman–Crippen MR) is 73.9 cm³/mol. The zero-order valence-corrected chi connectivity index (χ0v) is 12.0. The van der Waals surface area contributed by atoms with Crippen LogP contribution in [0.1, 0.15) is 44.5 Å². The van der Waals surface area contributed by atoms with E-state index in [0.29, 0.717) is 5.92 Å². The van der Waals surface area contributed by atoms with Crippen molar-refractivity contribution < 1.29 is 9.90 Å². The molecule has 1 unspecified atom stereocenters. The van der Waals surface area contributed by atoms with Crippen molar-refractivity contribution >= 4 is 17.3 Å². The fraction of sp³-hybridized carbons (Fsp3) is 0.643. The Kier molecular flexibility index (Phi) is 3.78. The van der Waals surface area contributed by atoms with E-state index in [1.165, 1.54) is 17.7 Å². The van der Waals surface area contributed by atoms with E-state index in [2.05, 4.69) is 22.4 Å². The molecule has 0 aromatic carbocycles. The second-order valence-electron chi connectivity index (χ2n) is 5.45. The van der Waals surface area contributed by atoms with E-state index in [0.717, 1.165) is 6.54 Å². The van der Waals surface area contributed by atoms with Gasteiger partial charge in [-0.15, -0.1) is 11.3 Å². The van der Waals surface area contributed by atoms with Crippen LogP contribution in [0.25, 0.3) is 0 Å². The van der Waals surface area contributed by atoms with Crippen LogP contribution in [0, 0.1) is 5.92 Å². The quantitative estimate of drug-likeness (QED) is 0.859. The van der Waals surface area contributed by atoms with Gasteiger partial charge in [0.1, 0.15) is 5.54 Å². The Morgan fingerprint density at radius 3 is 2.67 bits per heavy atom. The summed E-state index contributed by atoms with van der Waals surface area (Å²) in [7, 11) is 0. The van der Waals surface area contributed by atoms with Crippen LogP contribution in [0.3, 0.4) is 0 Å². The van der Waals surface area contributed by atoms with Gasteiger partial charge in [-0.25, -0.2) is 0 Å². The molecule has 0 radical (unpaired) electrons. The number of carboxylic acid groups (broad SMARTS) is 1. The number of carbonyl (C=O) groups is 1. The summed E-state index contributed by atoms with van der Waals surface area (Å²) in [6.45, 7) is 6.43. The lowest BCUT2D eigenvalue weighted by Crippen LogP contribution is -2.51. The highest BCUT2D eigenvalue weighted by molar-refractivity contribution is 7.10. The summed E-state index contributed by atoms with van der Waals surface area (Å²) in [5.41, 5.74) is -0.813. The molecule has 1 aliphatic rings. The first kappa shape index (κ1) is 13.6. The van der Waals surface area contributed by atoms with Crippen LogP contribution in [-0.2, 0) is 4.79 Å². The third-order valence-corrected chi connectivity index (χ3v) is 4.76. The molecule has 1 saturated carbocycles. The number of hydrogen-bond acceptors (Lipinski definition) is 3. The van der Waals surface area contributed by atoms with Crippen LogP contribution < -0.4 is 0 Å². The number of hydrogen-bond donors (Lipinski definition) is 1. The molecule has 1 fully saturated rings. The molecule has 0 aliphatic heterocycles.